The third-order valence-electron chi connectivity index (χ3n) is 3.19. The zero-order chi connectivity index (χ0) is 12.5. The highest BCUT2D eigenvalue weighted by Crippen LogP contribution is 2.50. The quantitative estimate of drug-likeness (QED) is 0.623. The molecule has 18 heavy (non-hydrogen) atoms. The molecule has 6 heteroatoms. The molecule has 2 aliphatic rings. The summed E-state index contributed by atoms with van der Waals surface area (Å²) in [6, 6.07) is 1.40. The predicted octanol–water partition coefficient (Wildman–Crippen LogP) is 0.279. The summed E-state index contributed by atoms with van der Waals surface area (Å²) in [5.74, 6) is 0.706. The Labute approximate surface area is 105 Å². The second-order valence-corrected chi connectivity index (χ2v) is 4.35. The highest BCUT2D eigenvalue weighted by Gasteiger charge is 2.27. The van der Waals surface area contributed by atoms with Gasteiger partial charge in [-0.3, -0.25) is 0 Å². The Kier molecular flexibility index (Phi) is 2.79. The fraction of sp³-hybridized carbons (Fsp3) is 0.500. The molecular formula is C12H16N2O4. The largest absolute Gasteiger partial charge is 0.504 e. The first-order valence-electron chi connectivity index (χ1n) is 6.07. The molecule has 6 nitrogen and oxygen atoms in total. The number of nitrogens with zero attached hydrogens (tertiary/aromatic N) is 1. The van der Waals surface area contributed by atoms with E-state index in [1.807, 2.05) is 4.90 Å². The van der Waals surface area contributed by atoms with Gasteiger partial charge in [0.25, 0.3) is 0 Å². The van der Waals surface area contributed by atoms with E-state index < -0.39 is 0 Å². The van der Waals surface area contributed by atoms with E-state index >= 15 is 0 Å². The zero-order valence-corrected chi connectivity index (χ0v) is 9.98. The lowest BCUT2D eigenvalue weighted by Gasteiger charge is -2.33. The summed E-state index contributed by atoms with van der Waals surface area (Å²) < 4.78 is 11.0. The summed E-state index contributed by atoms with van der Waals surface area (Å²) in [5, 5.41) is 23.1. The fourth-order valence-corrected chi connectivity index (χ4v) is 2.33. The molecule has 1 saturated heterocycles. The van der Waals surface area contributed by atoms with Gasteiger partial charge in [0.05, 0.1) is 0 Å². The third-order valence-corrected chi connectivity index (χ3v) is 3.19. The molecule has 1 aromatic rings. The van der Waals surface area contributed by atoms with E-state index in [0.29, 0.717) is 30.4 Å². The van der Waals surface area contributed by atoms with Gasteiger partial charge in [0, 0.05) is 32.2 Å². The van der Waals surface area contributed by atoms with Crippen molar-refractivity contribution >= 4 is 5.69 Å². The van der Waals surface area contributed by atoms with Crippen LogP contribution in [0.4, 0.5) is 5.69 Å². The molecule has 0 radical (unpaired) electrons. The first-order chi connectivity index (χ1) is 8.77. The van der Waals surface area contributed by atoms with Crippen LogP contribution in [0.2, 0.25) is 0 Å². The van der Waals surface area contributed by atoms with Crippen molar-refractivity contribution in [1.82, 2.24) is 5.32 Å². The molecule has 3 N–H and O–H groups in total. The highest BCUT2D eigenvalue weighted by molar-refractivity contribution is 5.76. The number of aromatic hydroxyl groups is 2. The molecule has 0 amide bonds. The lowest BCUT2D eigenvalue weighted by atomic mass is 10.2. The van der Waals surface area contributed by atoms with Crippen LogP contribution < -0.4 is 19.7 Å². The summed E-state index contributed by atoms with van der Waals surface area (Å²) in [5.41, 5.74) is 0.534. The molecule has 0 bridgehead atoms. The van der Waals surface area contributed by atoms with Gasteiger partial charge in [0.1, 0.15) is 18.9 Å². The number of nitrogens with one attached hydrogen (secondary N) is 1. The molecule has 0 atom stereocenters. The molecule has 1 aromatic carbocycles. The molecule has 0 spiro atoms. The van der Waals surface area contributed by atoms with Crippen LogP contribution in [-0.4, -0.2) is 49.6 Å². The Balaban J connectivity index is 2.07. The van der Waals surface area contributed by atoms with Crippen molar-refractivity contribution in [2.45, 2.75) is 0 Å². The van der Waals surface area contributed by atoms with Crippen molar-refractivity contribution < 1.29 is 19.7 Å². The molecule has 2 heterocycles. The van der Waals surface area contributed by atoms with Gasteiger partial charge in [0.2, 0.25) is 0 Å². The van der Waals surface area contributed by atoms with Crippen LogP contribution in [0.5, 0.6) is 23.0 Å². The average Bonchev–Trinajstić information content (AvgIpc) is 2.41. The molecule has 2 aliphatic heterocycles. The van der Waals surface area contributed by atoms with Crippen LogP contribution in [0, 0.1) is 0 Å². The smallest absolute Gasteiger partial charge is 0.188 e. The van der Waals surface area contributed by atoms with E-state index in [1.165, 1.54) is 6.07 Å². The number of anilines is 1. The third kappa shape index (κ3) is 1.78. The molecule has 0 unspecified atom stereocenters. The number of phenols is 2. The average molecular weight is 252 g/mol. The van der Waals surface area contributed by atoms with E-state index in [4.69, 9.17) is 9.47 Å². The molecule has 1 fully saturated rings. The lowest BCUT2D eigenvalue weighted by Crippen LogP contribution is -2.43. The fourth-order valence-electron chi connectivity index (χ4n) is 2.33. The van der Waals surface area contributed by atoms with Crippen LogP contribution >= 0.6 is 0 Å². The van der Waals surface area contributed by atoms with Gasteiger partial charge in [-0.15, -0.1) is 0 Å². The minimum Gasteiger partial charge on any atom is -0.504 e. The zero-order valence-electron chi connectivity index (χ0n) is 9.98. The summed E-state index contributed by atoms with van der Waals surface area (Å²) in [6.07, 6.45) is 0. The van der Waals surface area contributed by atoms with Crippen molar-refractivity contribution in [2.24, 2.45) is 0 Å². The topological polar surface area (TPSA) is 74.2 Å². The van der Waals surface area contributed by atoms with Crippen molar-refractivity contribution in [3.63, 3.8) is 0 Å². The number of piperazine rings is 1. The van der Waals surface area contributed by atoms with Crippen LogP contribution in [0.15, 0.2) is 6.07 Å². The van der Waals surface area contributed by atoms with Gasteiger partial charge < -0.3 is 29.9 Å². The number of phenolic OH excluding ortho intramolecular Hbond substituents is 2. The number of hydrogen-bond donors (Lipinski definition) is 3. The monoisotopic (exact) mass is 252 g/mol. The standard InChI is InChI=1S/C12H16N2O4/c15-8-7-9-12(18-6-5-17-9)10(11(8)16)14-3-1-13-2-4-14/h7,13,15-16H,1-6H2. The molecule has 0 aliphatic carbocycles. The Morgan fingerprint density at radius 3 is 2.61 bits per heavy atom. The van der Waals surface area contributed by atoms with Gasteiger partial charge in [-0.05, 0) is 0 Å². The number of fused-ring (bicyclic) bond motifs is 1. The number of benzene rings is 1. The molecule has 0 aromatic heterocycles. The Morgan fingerprint density at radius 2 is 1.83 bits per heavy atom. The van der Waals surface area contributed by atoms with Gasteiger partial charge in [0.15, 0.2) is 23.0 Å². The van der Waals surface area contributed by atoms with E-state index in [2.05, 4.69) is 5.32 Å². The maximum atomic E-state index is 10.1. The number of rotatable bonds is 1. The molecule has 0 saturated carbocycles. The maximum absolute atomic E-state index is 10.1. The van der Waals surface area contributed by atoms with Gasteiger partial charge in [-0.2, -0.15) is 0 Å². The Hall–Kier alpha value is -1.82. The SMILES string of the molecule is Oc1cc2c(c(N3CCNCC3)c1O)OCCO2. The maximum Gasteiger partial charge on any atom is 0.188 e. The highest BCUT2D eigenvalue weighted by atomic mass is 16.6. The van der Waals surface area contributed by atoms with E-state index in [0.717, 1.165) is 26.2 Å². The summed E-state index contributed by atoms with van der Waals surface area (Å²) in [7, 11) is 0. The normalized spacial score (nSPS) is 18.8. The Morgan fingerprint density at radius 1 is 1.11 bits per heavy atom. The summed E-state index contributed by atoms with van der Waals surface area (Å²) in [6.45, 7) is 4.10. The Bertz CT molecular complexity index is 458. The minimum atomic E-state index is -0.173. The molecule has 3 rings (SSSR count). The summed E-state index contributed by atoms with van der Waals surface area (Å²) >= 11 is 0. The van der Waals surface area contributed by atoms with Crippen molar-refractivity contribution in [3.05, 3.63) is 6.07 Å². The molecule has 98 valence electrons. The second-order valence-electron chi connectivity index (χ2n) is 4.35. The molecular weight excluding hydrogens is 236 g/mol. The van der Waals surface area contributed by atoms with E-state index in [1.54, 1.807) is 0 Å². The van der Waals surface area contributed by atoms with Gasteiger partial charge in [-0.1, -0.05) is 0 Å². The second kappa shape index (κ2) is 4.45. The minimum absolute atomic E-state index is 0.138. The van der Waals surface area contributed by atoms with Crippen LogP contribution in [0.1, 0.15) is 0 Å². The summed E-state index contributed by atoms with van der Waals surface area (Å²) in [4.78, 5) is 2.00. The van der Waals surface area contributed by atoms with Crippen LogP contribution in [0.25, 0.3) is 0 Å². The van der Waals surface area contributed by atoms with Gasteiger partial charge >= 0.3 is 0 Å². The number of ether oxygens (including phenoxy) is 2. The van der Waals surface area contributed by atoms with Crippen molar-refractivity contribution in [3.8, 4) is 23.0 Å². The van der Waals surface area contributed by atoms with Crippen LogP contribution in [-0.2, 0) is 0 Å². The van der Waals surface area contributed by atoms with E-state index in [9.17, 15) is 10.2 Å². The lowest BCUT2D eigenvalue weighted by molar-refractivity contribution is 0.170. The predicted molar refractivity (Wildman–Crippen MR) is 65.8 cm³/mol. The van der Waals surface area contributed by atoms with Gasteiger partial charge in [-0.25, -0.2) is 0 Å². The first kappa shape index (κ1) is 11.3. The van der Waals surface area contributed by atoms with E-state index in [-0.39, 0.29) is 11.5 Å². The number of hydrogen-bond acceptors (Lipinski definition) is 6. The van der Waals surface area contributed by atoms with Crippen molar-refractivity contribution in [2.75, 3.05) is 44.3 Å². The first-order valence-corrected chi connectivity index (χ1v) is 6.07. The van der Waals surface area contributed by atoms with Crippen molar-refractivity contribution in [1.29, 1.82) is 0 Å². The van der Waals surface area contributed by atoms with Crippen LogP contribution in [0.3, 0.4) is 0 Å².